The van der Waals surface area contributed by atoms with Crippen LogP contribution in [0, 0.1) is 17.6 Å². The van der Waals surface area contributed by atoms with Crippen LogP contribution in [-0.2, 0) is 0 Å². The summed E-state index contributed by atoms with van der Waals surface area (Å²) >= 11 is 0. The standard InChI is InChI=1S/C18H14N2O/c1-3-14-9-10-17-16(11-14)18(15-7-5-4-6-8-15)20(21)12-13(2)19-17/h1,4-11H,12H2,2H3. The first-order valence-electron chi connectivity index (χ1n) is 6.71. The highest BCUT2D eigenvalue weighted by Gasteiger charge is 2.23. The predicted octanol–water partition coefficient (Wildman–Crippen LogP) is 3.12. The van der Waals surface area contributed by atoms with Crippen LogP contribution >= 0.6 is 0 Å². The average Bonchev–Trinajstić information content (AvgIpc) is 2.61. The van der Waals surface area contributed by atoms with Crippen molar-refractivity contribution in [3.63, 3.8) is 0 Å². The predicted molar refractivity (Wildman–Crippen MR) is 85.3 cm³/mol. The van der Waals surface area contributed by atoms with Crippen LogP contribution in [0.5, 0.6) is 0 Å². The smallest absolute Gasteiger partial charge is 0.228 e. The molecular formula is C18H14N2O. The molecule has 0 aliphatic carbocycles. The first kappa shape index (κ1) is 13.1. The van der Waals surface area contributed by atoms with Gasteiger partial charge in [-0.2, -0.15) is 4.74 Å². The highest BCUT2D eigenvalue weighted by molar-refractivity contribution is 6.14. The third kappa shape index (κ3) is 2.44. The summed E-state index contributed by atoms with van der Waals surface area (Å²) in [5.41, 5.74) is 4.57. The molecule has 3 rings (SSSR count). The van der Waals surface area contributed by atoms with Gasteiger partial charge in [-0.15, -0.1) is 6.42 Å². The molecule has 0 N–H and O–H groups in total. The van der Waals surface area contributed by atoms with E-state index in [0.29, 0.717) is 5.71 Å². The van der Waals surface area contributed by atoms with E-state index in [2.05, 4.69) is 10.9 Å². The first-order valence-corrected chi connectivity index (χ1v) is 6.71. The van der Waals surface area contributed by atoms with E-state index in [0.717, 1.165) is 32.8 Å². The second-order valence-corrected chi connectivity index (χ2v) is 4.97. The quantitative estimate of drug-likeness (QED) is 0.447. The monoisotopic (exact) mass is 274 g/mol. The van der Waals surface area contributed by atoms with Crippen molar-refractivity contribution in [3.05, 3.63) is 70.4 Å². The molecule has 0 saturated carbocycles. The molecule has 1 aliphatic heterocycles. The molecule has 1 aliphatic rings. The van der Waals surface area contributed by atoms with Gasteiger partial charge in [-0.1, -0.05) is 24.1 Å². The zero-order valence-electron chi connectivity index (χ0n) is 11.7. The minimum atomic E-state index is 0.254. The third-order valence-corrected chi connectivity index (χ3v) is 3.40. The highest BCUT2D eigenvalue weighted by Crippen LogP contribution is 2.26. The number of fused-ring (bicyclic) bond motifs is 1. The van der Waals surface area contributed by atoms with E-state index in [4.69, 9.17) is 6.42 Å². The lowest BCUT2D eigenvalue weighted by molar-refractivity contribution is -0.439. The summed E-state index contributed by atoms with van der Waals surface area (Å²) in [5, 5.41) is 12.5. The number of aliphatic imine (C=N–C) groups is 1. The van der Waals surface area contributed by atoms with E-state index in [1.165, 1.54) is 0 Å². The van der Waals surface area contributed by atoms with Crippen molar-refractivity contribution < 1.29 is 4.74 Å². The molecule has 102 valence electrons. The van der Waals surface area contributed by atoms with Crippen LogP contribution in [0.4, 0.5) is 5.69 Å². The highest BCUT2D eigenvalue weighted by atomic mass is 16.5. The molecule has 0 atom stereocenters. The minimum absolute atomic E-state index is 0.254. The molecule has 0 radical (unpaired) electrons. The normalized spacial score (nSPS) is 14.0. The van der Waals surface area contributed by atoms with Gasteiger partial charge < -0.3 is 5.21 Å². The van der Waals surface area contributed by atoms with Gasteiger partial charge in [0.2, 0.25) is 5.71 Å². The van der Waals surface area contributed by atoms with Crippen molar-refractivity contribution >= 4 is 17.1 Å². The van der Waals surface area contributed by atoms with E-state index >= 15 is 0 Å². The Balaban J connectivity index is 2.30. The summed E-state index contributed by atoms with van der Waals surface area (Å²) < 4.78 is 0.986. The van der Waals surface area contributed by atoms with Crippen LogP contribution in [0.1, 0.15) is 23.6 Å². The Morgan fingerprint density at radius 1 is 1.19 bits per heavy atom. The van der Waals surface area contributed by atoms with Crippen molar-refractivity contribution in [2.24, 2.45) is 4.99 Å². The van der Waals surface area contributed by atoms with Crippen LogP contribution in [0.25, 0.3) is 0 Å². The fourth-order valence-corrected chi connectivity index (χ4v) is 2.47. The Hall–Kier alpha value is -2.86. The van der Waals surface area contributed by atoms with Crippen molar-refractivity contribution in [1.82, 2.24) is 0 Å². The number of rotatable bonds is 1. The van der Waals surface area contributed by atoms with Gasteiger partial charge in [0.05, 0.1) is 17.0 Å². The number of terminal acetylenes is 1. The molecule has 2 aromatic carbocycles. The zero-order valence-corrected chi connectivity index (χ0v) is 11.7. The van der Waals surface area contributed by atoms with Crippen LogP contribution < -0.4 is 0 Å². The lowest BCUT2D eigenvalue weighted by Gasteiger charge is -2.10. The lowest BCUT2D eigenvalue weighted by Crippen LogP contribution is -2.21. The maximum Gasteiger partial charge on any atom is 0.228 e. The molecule has 0 amide bonds. The number of benzene rings is 2. The second-order valence-electron chi connectivity index (χ2n) is 4.97. The zero-order chi connectivity index (χ0) is 14.8. The molecule has 3 heteroatoms. The van der Waals surface area contributed by atoms with Gasteiger partial charge in [0.1, 0.15) is 0 Å². The molecule has 0 unspecified atom stereocenters. The number of hydrogen-bond acceptors (Lipinski definition) is 2. The van der Waals surface area contributed by atoms with E-state index in [1.807, 2.05) is 55.5 Å². The molecule has 0 aromatic heterocycles. The van der Waals surface area contributed by atoms with Crippen LogP contribution in [-0.4, -0.2) is 22.7 Å². The van der Waals surface area contributed by atoms with Crippen molar-refractivity contribution in [3.8, 4) is 12.3 Å². The maximum absolute atomic E-state index is 12.5. The summed E-state index contributed by atoms with van der Waals surface area (Å²) in [6.07, 6.45) is 5.48. The molecule has 21 heavy (non-hydrogen) atoms. The Kier molecular flexibility index (Phi) is 3.29. The van der Waals surface area contributed by atoms with Gasteiger partial charge in [0.25, 0.3) is 0 Å². The van der Waals surface area contributed by atoms with Gasteiger partial charge in [0, 0.05) is 11.1 Å². The van der Waals surface area contributed by atoms with Crippen LogP contribution in [0.2, 0.25) is 0 Å². The summed E-state index contributed by atoms with van der Waals surface area (Å²) in [5.74, 6) is 2.61. The van der Waals surface area contributed by atoms with E-state index in [9.17, 15) is 5.21 Å². The SMILES string of the molecule is C#Cc1ccc2c(c1)C(c1ccccc1)=[N+]([O-])CC(C)=N2. The number of hydroxylamine groups is 1. The number of hydrogen-bond donors (Lipinski definition) is 0. The van der Waals surface area contributed by atoms with Gasteiger partial charge in [0.15, 0.2) is 6.54 Å². The van der Waals surface area contributed by atoms with Gasteiger partial charge in [-0.3, -0.25) is 4.99 Å². The molecule has 0 saturated heterocycles. The lowest BCUT2D eigenvalue weighted by atomic mass is 9.98. The average molecular weight is 274 g/mol. The minimum Gasteiger partial charge on any atom is -0.623 e. The van der Waals surface area contributed by atoms with E-state index in [-0.39, 0.29) is 6.54 Å². The Labute approximate surface area is 123 Å². The third-order valence-electron chi connectivity index (χ3n) is 3.40. The molecule has 2 aromatic rings. The van der Waals surface area contributed by atoms with Crippen molar-refractivity contribution in [2.45, 2.75) is 6.92 Å². The Bertz CT molecular complexity index is 796. The first-order chi connectivity index (χ1) is 10.2. The summed E-state index contributed by atoms with van der Waals surface area (Å²) in [6.45, 7) is 2.11. The van der Waals surface area contributed by atoms with Crippen molar-refractivity contribution in [2.75, 3.05) is 6.54 Å². The number of nitrogens with zero attached hydrogens (tertiary/aromatic N) is 2. The fourth-order valence-electron chi connectivity index (χ4n) is 2.47. The Morgan fingerprint density at radius 3 is 2.67 bits per heavy atom. The fraction of sp³-hybridized carbons (Fsp3) is 0.111. The molecule has 1 heterocycles. The summed E-state index contributed by atoms with van der Waals surface area (Å²) in [6, 6.07) is 15.2. The van der Waals surface area contributed by atoms with Crippen molar-refractivity contribution in [1.29, 1.82) is 0 Å². The van der Waals surface area contributed by atoms with Crippen LogP contribution in [0.15, 0.2) is 53.5 Å². The van der Waals surface area contributed by atoms with E-state index in [1.54, 1.807) is 0 Å². The molecular weight excluding hydrogens is 260 g/mol. The van der Waals surface area contributed by atoms with E-state index < -0.39 is 0 Å². The summed E-state index contributed by atoms with van der Waals surface area (Å²) in [7, 11) is 0. The molecule has 0 spiro atoms. The largest absolute Gasteiger partial charge is 0.623 e. The molecule has 0 fully saturated rings. The second kappa shape index (κ2) is 5.26. The van der Waals surface area contributed by atoms with Gasteiger partial charge in [-0.25, -0.2) is 0 Å². The molecule has 0 bridgehead atoms. The topological polar surface area (TPSA) is 38.4 Å². The molecule has 3 nitrogen and oxygen atoms in total. The van der Waals surface area contributed by atoms with Crippen LogP contribution in [0.3, 0.4) is 0 Å². The van der Waals surface area contributed by atoms with Gasteiger partial charge >= 0.3 is 0 Å². The van der Waals surface area contributed by atoms with Gasteiger partial charge in [-0.05, 0) is 37.3 Å². The Morgan fingerprint density at radius 2 is 1.95 bits per heavy atom. The maximum atomic E-state index is 12.5. The summed E-state index contributed by atoms with van der Waals surface area (Å²) in [4.78, 5) is 4.53.